The Balaban J connectivity index is 2.00. The van der Waals surface area contributed by atoms with Crippen molar-refractivity contribution in [1.82, 2.24) is 5.32 Å². The number of nitrogens with two attached hydrogens (primary N) is 1. The van der Waals surface area contributed by atoms with E-state index in [1.54, 1.807) is 4.90 Å². The van der Waals surface area contributed by atoms with Crippen LogP contribution < -0.4 is 16.0 Å². The van der Waals surface area contributed by atoms with E-state index < -0.39 is 5.92 Å². The van der Waals surface area contributed by atoms with E-state index in [1.165, 1.54) is 0 Å². The van der Waals surface area contributed by atoms with Gasteiger partial charge in [-0.15, -0.1) is 0 Å². The monoisotopic (exact) mass is 339 g/mol. The van der Waals surface area contributed by atoms with Gasteiger partial charge in [0.25, 0.3) is 0 Å². The topological polar surface area (TPSA) is 75.4 Å². The fraction of sp³-hybridized carbons (Fsp3) is 0.429. The molecule has 0 aliphatic carbocycles. The summed E-state index contributed by atoms with van der Waals surface area (Å²) in [6.45, 7) is 1.63. The Morgan fingerprint density at radius 2 is 2.30 bits per heavy atom. The van der Waals surface area contributed by atoms with Gasteiger partial charge in [-0.1, -0.05) is 22.0 Å². The Hall–Kier alpha value is -1.40. The lowest BCUT2D eigenvalue weighted by molar-refractivity contribution is -0.132. The lowest BCUT2D eigenvalue weighted by atomic mass is 10.1. The first kappa shape index (κ1) is 15.0. The highest BCUT2D eigenvalue weighted by atomic mass is 79.9. The molecule has 0 saturated carbocycles. The highest BCUT2D eigenvalue weighted by Gasteiger charge is 2.37. The molecule has 1 saturated heterocycles. The van der Waals surface area contributed by atoms with Gasteiger partial charge in [0.2, 0.25) is 11.8 Å². The number of hydrogen-bond acceptors (Lipinski definition) is 3. The molecular weight excluding hydrogens is 322 g/mol. The van der Waals surface area contributed by atoms with Gasteiger partial charge in [0, 0.05) is 23.2 Å². The van der Waals surface area contributed by atoms with E-state index in [-0.39, 0.29) is 11.8 Å². The van der Waals surface area contributed by atoms with Gasteiger partial charge in [0.1, 0.15) is 5.92 Å². The molecule has 2 amide bonds. The number of nitrogens with one attached hydrogen (secondary N) is 1. The maximum absolute atomic E-state index is 12.3. The van der Waals surface area contributed by atoms with Gasteiger partial charge in [-0.3, -0.25) is 9.59 Å². The molecule has 1 aliphatic heterocycles. The summed E-state index contributed by atoms with van der Waals surface area (Å²) in [6, 6.07) is 7.53. The van der Waals surface area contributed by atoms with Crippen LogP contribution in [0.1, 0.15) is 12.8 Å². The predicted octanol–water partition coefficient (Wildman–Crippen LogP) is 1.27. The molecule has 1 unspecified atom stereocenters. The molecule has 6 heteroatoms. The highest BCUT2D eigenvalue weighted by molar-refractivity contribution is 9.10. The van der Waals surface area contributed by atoms with Crippen molar-refractivity contribution in [2.45, 2.75) is 12.8 Å². The van der Waals surface area contributed by atoms with Crippen molar-refractivity contribution in [3.63, 3.8) is 0 Å². The number of nitrogens with zero attached hydrogens (tertiary/aromatic N) is 1. The number of halogens is 1. The largest absolute Gasteiger partial charge is 0.355 e. The van der Waals surface area contributed by atoms with Crippen LogP contribution in [0.2, 0.25) is 0 Å². The Morgan fingerprint density at radius 3 is 3.00 bits per heavy atom. The van der Waals surface area contributed by atoms with E-state index in [4.69, 9.17) is 5.73 Å². The van der Waals surface area contributed by atoms with Gasteiger partial charge in [-0.05, 0) is 37.6 Å². The van der Waals surface area contributed by atoms with Gasteiger partial charge in [-0.25, -0.2) is 0 Å². The number of carbonyl (C=O) groups is 2. The average Bonchev–Trinajstić information content (AvgIpc) is 2.81. The first-order valence-electron chi connectivity index (χ1n) is 6.68. The second-order valence-corrected chi connectivity index (χ2v) is 5.66. The number of anilines is 1. The maximum atomic E-state index is 12.3. The Bertz CT molecular complexity index is 507. The van der Waals surface area contributed by atoms with Crippen molar-refractivity contribution >= 4 is 33.4 Å². The molecule has 1 atom stereocenters. The van der Waals surface area contributed by atoms with Gasteiger partial charge < -0.3 is 16.0 Å². The molecule has 2 rings (SSSR count). The number of amides is 2. The fourth-order valence-corrected chi connectivity index (χ4v) is 2.65. The standard InChI is InChI=1S/C14H18BrN3O2/c15-10-3-1-4-11(9-10)18-8-5-12(14(18)20)13(19)17-7-2-6-16/h1,3-4,9,12H,2,5-8,16H2,(H,17,19). The van der Waals surface area contributed by atoms with Crippen LogP contribution in [0.15, 0.2) is 28.7 Å². The molecule has 20 heavy (non-hydrogen) atoms. The Labute approximate surface area is 126 Å². The van der Waals surface area contributed by atoms with Crippen LogP contribution in [0.25, 0.3) is 0 Å². The first-order chi connectivity index (χ1) is 9.63. The van der Waals surface area contributed by atoms with E-state index in [2.05, 4.69) is 21.2 Å². The summed E-state index contributed by atoms with van der Waals surface area (Å²) in [5, 5.41) is 2.76. The zero-order valence-electron chi connectivity index (χ0n) is 11.1. The van der Waals surface area contributed by atoms with E-state index in [0.717, 1.165) is 16.6 Å². The summed E-state index contributed by atoms with van der Waals surface area (Å²) < 4.78 is 0.915. The summed E-state index contributed by atoms with van der Waals surface area (Å²) in [6.07, 6.45) is 1.28. The van der Waals surface area contributed by atoms with E-state index in [1.807, 2.05) is 24.3 Å². The van der Waals surface area contributed by atoms with Crippen LogP contribution in [0.3, 0.4) is 0 Å². The zero-order chi connectivity index (χ0) is 14.5. The lowest BCUT2D eigenvalue weighted by Gasteiger charge is -2.17. The molecule has 0 aromatic heterocycles. The van der Waals surface area contributed by atoms with Crippen molar-refractivity contribution in [3.05, 3.63) is 28.7 Å². The summed E-state index contributed by atoms with van der Waals surface area (Å²) in [5.74, 6) is -0.902. The summed E-state index contributed by atoms with van der Waals surface area (Å²) >= 11 is 3.39. The van der Waals surface area contributed by atoms with Crippen LogP contribution >= 0.6 is 15.9 Å². The zero-order valence-corrected chi connectivity index (χ0v) is 12.7. The molecule has 1 heterocycles. The first-order valence-corrected chi connectivity index (χ1v) is 7.47. The Morgan fingerprint density at radius 1 is 1.50 bits per heavy atom. The highest BCUT2D eigenvalue weighted by Crippen LogP contribution is 2.27. The van der Waals surface area contributed by atoms with Crippen LogP contribution in [0.5, 0.6) is 0 Å². The Kier molecular flexibility index (Phi) is 5.14. The third-order valence-corrected chi connectivity index (χ3v) is 3.82. The molecule has 0 radical (unpaired) electrons. The molecule has 108 valence electrons. The number of carbonyl (C=O) groups excluding carboxylic acids is 2. The van der Waals surface area contributed by atoms with Crippen molar-refractivity contribution in [2.75, 3.05) is 24.5 Å². The van der Waals surface area contributed by atoms with Gasteiger partial charge in [0.05, 0.1) is 0 Å². The number of benzene rings is 1. The van der Waals surface area contributed by atoms with E-state index in [0.29, 0.717) is 26.1 Å². The molecule has 5 nitrogen and oxygen atoms in total. The number of hydrogen-bond donors (Lipinski definition) is 2. The third kappa shape index (κ3) is 3.37. The molecule has 0 bridgehead atoms. The van der Waals surface area contributed by atoms with Crippen LogP contribution in [-0.4, -0.2) is 31.4 Å². The predicted molar refractivity (Wildman–Crippen MR) is 81.3 cm³/mol. The molecule has 3 N–H and O–H groups in total. The fourth-order valence-electron chi connectivity index (χ4n) is 2.26. The quantitative estimate of drug-likeness (QED) is 0.626. The molecule has 1 fully saturated rings. The second-order valence-electron chi connectivity index (χ2n) is 4.74. The molecule has 1 aromatic rings. The molecular formula is C14H18BrN3O2. The normalized spacial score (nSPS) is 18.4. The second kappa shape index (κ2) is 6.85. The third-order valence-electron chi connectivity index (χ3n) is 3.32. The number of rotatable bonds is 5. The van der Waals surface area contributed by atoms with Crippen molar-refractivity contribution < 1.29 is 9.59 Å². The maximum Gasteiger partial charge on any atom is 0.239 e. The summed E-state index contributed by atoms with van der Waals surface area (Å²) in [4.78, 5) is 25.9. The lowest BCUT2D eigenvalue weighted by Crippen LogP contribution is -2.37. The van der Waals surface area contributed by atoms with Crippen molar-refractivity contribution in [3.8, 4) is 0 Å². The van der Waals surface area contributed by atoms with Gasteiger partial charge in [0.15, 0.2) is 0 Å². The smallest absolute Gasteiger partial charge is 0.239 e. The minimum Gasteiger partial charge on any atom is -0.355 e. The van der Waals surface area contributed by atoms with Gasteiger partial charge >= 0.3 is 0 Å². The van der Waals surface area contributed by atoms with Crippen molar-refractivity contribution in [2.24, 2.45) is 11.7 Å². The summed E-state index contributed by atoms with van der Waals surface area (Å²) in [5.41, 5.74) is 6.20. The minimum atomic E-state index is -0.577. The summed E-state index contributed by atoms with van der Waals surface area (Å²) in [7, 11) is 0. The van der Waals surface area contributed by atoms with E-state index >= 15 is 0 Å². The van der Waals surface area contributed by atoms with Crippen LogP contribution in [0, 0.1) is 5.92 Å². The van der Waals surface area contributed by atoms with Crippen molar-refractivity contribution in [1.29, 1.82) is 0 Å². The minimum absolute atomic E-state index is 0.131. The molecule has 1 aromatic carbocycles. The van der Waals surface area contributed by atoms with E-state index in [9.17, 15) is 9.59 Å². The van der Waals surface area contributed by atoms with Crippen LogP contribution in [0.4, 0.5) is 5.69 Å². The van der Waals surface area contributed by atoms with Crippen LogP contribution in [-0.2, 0) is 9.59 Å². The SMILES string of the molecule is NCCCNC(=O)C1CCN(c2cccc(Br)c2)C1=O. The molecule has 0 spiro atoms. The average molecular weight is 340 g/mol. The molecule has 1 aliphatic rings. The van der Waals surface area contributed by atoms with Gasteiger partial charge in [-0.2, -0.15) is 0 Å².